The molecule has 2 atom stereocenters. The SMILES string of the molecule is CC(Oc1ccccc1)C(=O)NC(CN1CCCC1=O)c1cccc(C(F)(F)F)c1. The van der Waals surface area contributed by atoms with Crippen molar-refractivity contribution in [3.63, 3.8) is 0 Å². The second kappa shape index (κ2) is 9.19. The Bertz CT molecular complexity index is 887. The summed E-state index contributed by atoms with van der Waals surface area (Å²) in [4.78, 5) is 26.3. The van der Waals surface area contributed by atoms with Gasteiger partial charge in [0.15, 0.2) is 6.10 Å². The third-order valence-corrected chi connectivity index (χ3v) is 4.93. The van der Waals surface area contributed by atoms with E-state index in [4.69, 9.17) is 4.74 Å². The molecule has 2 unspecified atom stereocenters. The van der Waals surface area contributed by atoms with Gasteiger partial charge < -0.3 is 15.0 Å². The Morgan fingerprint density at radius 2 is 1.90 bits per heavy atom. The fraction of sp³-hybridized carbons (Fsp3) is 0.364. The Balaban J connectivity index is 1.79. The Morgan fingerprint density at radius 1 is 1.17 bits per heavy atom. The molecule has 160 valence electrons. The van der Waals surface area contributed by atoms with Gasteiger partial charge in [-0.2, -0.15) is 13.2 Å². The third kappa shape index (κ3) is 5.52. The molecule has 8 heteroatoms. The lowest BCUT2D eigenvalue weighted by molar-refractivity contribution is -0.137. The molecule has 5 nitrogen and oxygen atoms in total. The first kappa shape index (κ1) is 21.7. The van der Waals surface area contributed by atoms with E-state index in [2.05, 4.69) is 5.32 Å². The van der Waals surface area contributed by atoms with Crippen LogP contribution >= 0.6 is 0 Å². The minimum absolute atomic E-state index is 0.0743. The molecule has 30 heavy (non-hydrogen) atoms. The fourth-order valence-corrected chi connectivity index (χ4v) is 3.33. The van der Waals surface area contributed by atoms with Crippen molar-refractivity contribution in [1.82, 2.24) is 10.2 Å². The number of alkyl halides is 3. The average Bonchev–Trinajstić information content (AvgIpc) is 3.12. The molecule has 3 rings (SSSR count). The number of nitrogens with one attached hydrogen (secondary N) is 1. The average molecular weight is 420 g/mol. The van der Waals surface area contributed by atoms with Crippen LogP contribution < -0.4 is 10.1 Å². The van der Waals surface area contributed by atoms with Gasteiger partial charge in [0.25, 0.3) is 5.91 Å². The molecule has 1 N–H and O–H groups in total. The molecule has 0 radical (unpaired) electrons. The first-order chi connectivity index (χ1) is 14.2. The Hall–Kier alpha value is -3.03. The first-order valence-corrected chi connectivity index (χ1v) is 9.71. The molecule has 1 aliphatic heterocycles. The van der Waals surface area contributed by atoms with Crippen molar-refractivity contribution in [2.75, 3.05) is 13.1 Å². The van der Waals surface area contributed by atoms with Crippen molar-refractivity contribution in [2.45, 2.75) is 38.1 Å². The molecule has 1 heterocycles. The van der Waals surface area contributed by atoms with Gasteiger partial charge in [-0.3, -0.25) is 9.59 Å². The Kier molecular flexibility index (Phi) is 6.64. The maximum atomic E-state index is 13.2. The van der Waals surface area contributed by atoms with Gasteiger partial charge in [0.1, 0.15) is 5.75 Å². The van der Waals surface area contributed by atoms with Gasteiger partial charge in [0.2, 0.25) is 5.91 Å². The second-order valence-electron chi connectivity index (χ2n) is 7.20. The quantitative estimate of drug-likeness (QED) is 0.738. The minimum Gasteiger partial charge on any atom is -0.481 e. The van der Waals surface area contributed by atoms with Gasteiger partial charge in [-0.1, -0.05) is 30.3 Å². The molecule has 1 aliphatic rings. The van der Waals surface area contributed by atoms with Gasteiger partial charge in [0, 0.05) is 19.5 Å². The van der Waals surface area contributed by atoms with E-state index in [9.17, 15) is 22.8 Å². The predicted octanol–water partition coefficient (Wildman–Crippen LogP) is 3.95. The lowest BCUT2D eigenvalue weighted by Crippen LogP contribution is -2.43. The number of carbonyl (C=O) groups is 2. The summed E-state index contributed by atoms with van der Waals surface area (Å²) in [6.07, 6.45) is -4.28. The highest BCUT2D eigenvalue weighted by molar-refractivity contribution is 5.81. The van der Waals surface area contributed by atoms with Crippen molar-refractivity contribution >= 4 is 11.8 Å². The summed E-state index contributed by atoms with van der Waals surface area (Å²) >= 11 is 0. The van der Waals surface area contributed by atoms with E-state index in [1.54, 1.807) is 36.1 Å². The van der Waals surface area contributed by atoms with Crippen LogP contribution in [0.2, 0.25) is 0 Å². The van der Waals surface area contributed by atoms with Crippen molar-refractivity contribution in [1.29, 1.82) is 0 Å². The molecule has 1 fully saturated rings. The molecule has 0 bridgehead atoms. The van der Waals surface area contributed by atoms with Crippen molar-refractivity contribution in [2.24, 2.45) is 0 Å². The molecule has 2 amide bonds. The highest BCUT2D eigenvalue weighted by atomic mass is 19.4. The summed E-state index contributed by atoms with van der Waals surface area (Å²) in [5.41, 5.74) is -0.523. The molecule has 1 saturated heterocycles. The number of halogens is 3. The van der Waals surface area contributed by atoms with Crippen LogP contribution in [0.3, 0.4) is 0 Å². The summed E-state index contributed by atoms with van der Waals surface area (Å²) in [5.74, 6) is -0.0480. The third-order valence-electron chi connectivity index (χ3n) is 4.93. The molecular weight excluding hydrogens is 397 g/mol. The van der Waals surface area contributed by atoms with Crippen LogP contribution in [-0.2, 0) is 15.8 Å². The van der Waals surface area contributed by atoms with E-state index >= 15 is 0 Å². The predicted molar refractivity (Wildman–Crippen MR) is 105 cm³/mol. The number of ether oxygens (including phenoxy) is 1. The van der Waals surface area contributed by atoms with Crippen molar-refractivity contribution in [3.8, 4) is 5.75 Å². The van der Waals surface area contributed by atoms with Crippen LogP contribution in [0.4, 0.5) is 13.2 Å². The highest BCUT2D eigenvalue weighted by Gasteiger charge is 2.32. The van der Waals surface area contributed by atoms with Crippen LogP contribution in [-0.4, -0.2) is 35.9 Å². The summed E-state index contributed by atoms with van der Waals surface area (Å²) in [6, 6.07) is 12.8. The van der Waals surface area contributed by atoms with Gasteiger partial charge >= 0.3 is 6.18 Å². The van der Waals surface area contributed by atoms with Gasteiger partial charge in [-0.05, 0) is 43.2 Å². The molecule has 0 aromatic heterocycles. The molecule has 2 aromatic carbocycles. The number of carbonyl (C=O) groups excluding carboxylic acids is 2. The maximum absolute atomic E-state index is 13.2. The number of hydrogen-bond donors (Lipinski definition) is 1. The molecule has 2 aromatic rings. The van der Waals surface area contributed by atoms with Crippen molar-refractivity contribution < 1.29 is 27.5 Å². The van der Waals surface area contributed by atoms with Crippen LogP contribution in [0.25, 0.3) is 0 Å². The number of nitrogens with zero attached hydrogens (tertiary/aromatic N) is 1. The zero-order valence-electron chi connectivity index (χ0n) is 16.5. The topological polar surface area (TPSA) is 58.6 Å². The van der Waals surface area contributed by atoms with E-state index in [-0.39, 0.29) is 18.0 Å². The van der Waals surface area contributed by atoms with Crippen LogP contribution in [0.15, 0.2) is 54.6 Å². The van der Waals surface area contributed by atoms with Gasteiger partial charge in [-0.25, -0.2) is 0 Å². The summed E-state index contributed by atoms with van der Waals surface area (Å²) in [6.45, 7) is 2.18. The van der Waals surface area contributed by atoms with E-state index < -0.39 is 29.8 Å². The normalized spacial score (nSPS) is 16.3. The van der Waals surface area contributed by atoms with E-state index in [0.29, 0.717) is 25.1 Å². The lowest BCUT2D eigenvalue weighted by Gasteiger charge is -2.27. The summed E-state index contributed by atoms with van der Waals surface area (Å²) in [7, 11) is 0. The molecule has 0 saturated carbocycles. The first-order valence-electron chi connectivity index (χ1n) is 9.71. The maximum Gasteiger partial charge on any atom is 0.416 e. The zero-order valence-corrected chi connectivity index (χ0v) is 16.5. The van der Waals surface area contributed by atoms with Crippen LogP contribution in [0.1, 0.15) is 36.9 Å². The molecule has 0 aliphatic carbocycles. The Morgan fingerprint density at radius 3 is 2.53 bits per heavy atom. The largest absolute Gasteiger partial charge is 0.481 e. The molecular formula is C22H23F3N2O3. The number of hydrogen-bond acceptors (Lipinski definition) is 3. The lowest BCUT2D eigenvalue weighted by atomic mass is 10.0. The highest BCUT2D eigenvalue weighted by Crippen LogP contribution is 2.31. The second-order valence-corrected chi connectivity index (χ2v) is 7.20. The minimum atomic E-state index is -4.50. The Labute approximate surface area is 172 Å². The number of rotatable bonds is 7. The standard InChI is InChI=1S/C22H23F3N2O3/c1-15(30-18-9-3-2-4-10-18)21(29)26-19(14-27-12-6-11-20(27)28)16-7-5-8-17(13-16)22(23,24)25/h2-5,7-10,13,15,19H,6,11-12,14H2,1H3,(H,26,29). The zero-order chi connectivity index (χ0) is 21.7. The summed E-state index contributed by atoms with van der Waals surface area (Å²) in [5, 5.41) is 2.75. The van der Waals surface area contributed by atoms with Gasteiger partial charge in [-0.15, -0.1) is 0 Å². The number of amides is 2. The number of para-hydroxylation sites is 1. The van der Waals surface area contributed by atoms with Crippen LogP contribution in [0.5, 0.6) is 5.75 Å². The fourth-order valence-electron chi connectivity index (χ4n) is 3.33. The molecule has 0 spiro atoms. The van der Waals surface area contributed by atoms with Gasteiger partial charge in [0.05, 0.1) is 11.6 Å². The van der Waals surface area contributed by atoms with E-state index in [0.717, 1.165) is 12.1 Å². The van der Waals surface area contributed by atoms with E-state index in [1.807, 2.05) is 6.07 Å². The van der Waals surface area contributed by atoms with Crippen molar-refractivity contribution in [3.05, 3.63) is 65.7 Å². The smallest absolute Gasteiger partial charge is 0.416 e. The summed E-state index contributed by atoms with van der Waals surface area (Å²) < 4.78 is 45.1. The van der Waals surface area contributed by atoms with Crippen LogP contribution in [0, 0.1) is 0 Å². The van der Waals surface area contributed by atoms with E-state index in [1.165, 1.54) is 12.1 Å². The number of benzene rings is 2. The monoisotopic (exact) mass is 420 g/mol. The number of likely N-dealkylation sites (tertiary alicyclic amines) is 1.